The molecule has 1 aliphatic carbocycles. The molecular formula is C17H24N2O3. The molecule has 1 saturated heterocycles. The third-order valence-electron chi connectivity index (χ3n) is 4.79. The third-order valence-corrected chi connectivity index (χ3v) is 4.79. The minimum Gasteiger partial charge on any atom is -0.472 e. The molecule has 2 amide bonds. The molecule has 1 aliphatic heterocycles. The molecule has 5 heteroatoms. The Morgan fingerprint density at radius 3 is 2.59 bits per heavy atom. The number of piperidine rings is 1. The largest absolute Gasteiger partial charge is 0.472 e. The molecule has 2 heterocycles. The molecule has 1 aromatic rings. The summed E-state index contributed by atoms with van der Waals surface area (Å²) in [7, 11) is 0. The van der Waals surface area contributed by atoms with Gasteiger partial charge in [-0.15, -0.1) is 0 Å². The summed E-state index contributed by atoms with van der Waals surface area (Å²) in [6, 6.07) is 1.61. The van der Waals surface area contributed by atoms with Gasteiger partial charge in [-0.3, -0.25) is 9.59 Å². The van der Waals surface area contributed by atoms with Crippen LogP contribution in [0.5, 0.6) is 0 Å². The number of likely N-dealkylation sites (tertiary alicyclic amines) is 1. The second kappa shape index (κ2) is 6.99. The van der Waals surface area contributed by atoms with Crippen molar-refractivity contribution in [3.63, 3.8) is 0 Å². The summed E-state index contributed by atoms with van der Waals surface area (Å²) in [5, 5.41) is 3.16. The summed E-state index contributed by atoms with van der Waals surface area (Å²) < 4.78 is 5.00. The van der Waals surface area contributed by atoms with Crippen molar-refractivity contribution >= 4 is 11.8 Å². The van der Waals surface area contributed by atoms with Gasteiger partial charge < -0.3 is 14.6 Å². The molecule has 22 heavy (non-hydrogen) atoms. The highest BCUT2D eigenvalue weighted by Gasteiger charge is 2.33. The number of hydrogen-bond donors (Lipinski definition) is 1. The van der Waals surface area contributed by atoms with Crippen molar-refractivity contribution in [3.05, 3.63) is 24.2 Å². The van der Waals surface area contributed by atoms with E-state index in [9.17, 15) is 9.59 Å². The summed E-state index contributed by atoms with van der Waals surface area (Å²) in [6.07, 6.45) is 11.4. The molecule has 0 spiro atoms. The molecule has 5 nitrogen and oxygen atoms in total. The van der Waals surface area contributed by atoms with Gasteiger partial charge in [0.15, 0.2) is 0 Å². The Hall–Kier alpha value is -1.78. The normalized spacial score (nSPS) is 23.3. The molecule has 0 radical (unpaired) electrons. The average Bonchev–Trinajstić information content (AvgIpc) is 3.09. The Morgan fingerprint density at radius 2 is 1.86 bits per heavy atom. The Morgan fingerprint density at radius 1 is 1.09 bits per heavy atom. The van der Waals surface area contributed by atoms with Crippen LogP contribution in [0.1, 0.15) is 61.7 Å². The first-order valence-corrected chi connectivity index (χ1v) is 8.39. The maximum absolute atomic E-state index is 12.6. The van der Waals surface area contributed by atoms with E-state index in [4.69, 9.17) is 4.42 Å². The van der Waals surface area contributed by atoms with Gasteiger partial charge >= 0.3 is 0 Å². The molecule has 2 fully saturated rings. The van der Waals surface area contributed by atoms with Crippen LogP contribution in [0.25, 0.3) is 0 Å². The number of nitrogens with zero attached hydrogens (tertiary/aromatic N) is 1. The number of rotatable bonds is 3. The highest BCUT2D eigenvalue weighted by atomic mass is 16.3. The van der Waals surface area contributed by atoms with Crippen molar-refractivity contribution in [2.45, 2.75) is 63.5 Å². The molecule has 0 aromatic carbocycles. The fraction of sp³-hybridized carbons (Fsp3) is 0.647. The first kappa shape index (κ1) is 15.1. The molecule has 1 aromatic heterocycles. The summed E-state index contributed by atoms with van der Waals surface area (Å²) >= 11 is 0. The average molecular weight is 304 g/mol. The van der Waals surface area contributed by atoms with E-state index in [0.29, 0.717) is 12.1 Å². The highest BCUT2D eigenvalue weighted by Crippen LogP contribution is 2.22. The standard InChI is InChI=1S/C17H24N2O3/c20-16(18-14-6-2-1-3-7-14)15-8-4-5-10-19(15)17(21)13-9-11-22-12-13/h9,11-12,14-15H,1-8,10H2,(H,18,20). The zero-order valence-electron chi connectivity index (χ0n) is 12.9. The Balaban J connectivity index is 1.66. The maximum atomic E-state index is 12.6. The lowest BCUT2D eigenvalue weighted by molar-refractivity contribution is -0.127. The minimum atomic E-state index is -0.335. The fourth-order valence-electron chi connectivity index (χ4n) is 3.54. The van der Waals surface area contributed by atoms with Gasteiger partial charge in [0.05, 0.1) is 11.8 Å². The molecule has 1 unspecified atom stereocenters. The Kier molecular flexibility index (Phi) is 4.80. The van der Waals surface area contributed by atoms with Gasteiger partial charge in [0.2, 0.25) is 5.91 Å². The maximum Gasteiger partial charge on any atom is 0.257 e. The minimum absolute atomic E-state index is 0.0171. The summed E-state index contributed by atoms with van der Waals surface area (Å²) in [5.74, 6) is -0.0827. The first-order chi connectivity index (χ1) is 10.8. The molecule has 1 atom stereocenters. The molecule has 2 aliphatic rings. The Bertz CT molecular complexity index is 506. The van der Waals surface area contributed by atoms with Crippen LogP contribution >= 0.6 is 0 Å². The quantitative estimate of drug-likeness (QED) is 0.934. The second-order valence-corrected chi connectivity index (χ2v) is 6.37. The number of nitrogens with one attached hydrogen (secondary N) is 1. The first-order valence-electron chi connectivity index (χ1n) is 8.39. The van der Waals surface area contributed by atoms with Gasteiger partial charge in [-0.05, 0) is 38.2 Å². The smallest absolute Gasteiger partial charge is 0.257 e. The van der Waals surface area contributed by atoms with E-state index < -0.39 is 0 Å². The molecule has 1 N–H and O–H groups in total. The van der Waals surface area contributed by atoms with E-state index >= 15 is 0 Å². The van der Waals surface area contributed by atoms with Crippen LogP contribution in [0.3, 0.4) is 0 Å². The SMILES string of the molecule is O=C(NC1CCCCC1)C1CCCCN1C(=O)c1ccoc1. The van der Waals surface area contributed by atoms with Crippen LogP contribution in [-0.2, 0) is 4.79 Å². The monoisotopic (exact) mass is 304 g/mol. The third kappa shape index (κ3) is 3.34. The number of carbonyl (C=O) groups is 2. The predicted octanol–water partition coefficient (Wildman–Crippen LogP) is 2.72. The molecule has 120 valence electrons. The van der Waals surface area contributed by atoms with Crippen molar-refractivity contribution in [1.29, 1.82) is 0 Å². The zero-order valence-corrected chi connectivity index (χ0v) is 12.9. The lowest BCUT2D eigenvalue weighted by Crippen LogP contribution is -2.53. The molecule has 0 bridgehead atoms. The van der Waals surface area contributed by atoms with E-state index in [1.54, 1.807) is 11.0 Å². The van der Waals surface area contributed by atoms with Crippen molar-refractivity contribution in [2.75, 3.05) is 6.54 Å². The molecular weight excluding hydrogens is 280 g/mol. The van der Waals surface area contributed by atoms with Crippen molar-refractivity contribution in [2.24, 2.45) is 0 Å². The van der Waals surface area contributed by atoms with Crippen LogP contribution < -0.4 is 5.32 Å². The van der Waals surface area contributed by atoms with Crippen LogP contribution in [0.15, 0.2) is 23.0 Å². The molecule has 1 saturated carbocycles. The van der Waals surface area contributed by atoms with Crippen molar-refractivity contribution < 1.29 is 14.0 Å². The van der Waals surface area contributed by atoms with Crippen LogP contribution in [0.2, 0.25) is 0 Å². The summed E-state index contributed by atoms with van der Waals surface area (Å²) in [4.78, 5) is 26.9. The van der Waals surface area contributed by atoms with E-state index in [-0.39, 0.29) is 23.9 Å². The van der Waals surface area contributed by atoms with Gasteiger partial charge in [0, 0.05) is 12.6 Å². The van der Waals surface area contributed by atoms with Crippen LogP contribution in [0, 0.1) is 0 Å². The lowest BCUT2D eigenvalue weighted by Gasteiger charge is -2.36. The fourth-order valence-corrected chi connectivity index (χ4v) is 3.54. The van der Waals surface area contributed by atoms with Crippen molar-refractivity contribution in [1.82, 2.24) is 10.2 Å². The lowest BCUT2D eigenvalue weighted by atomic mass is 9.94. The van der Waals surface area contributed by atoms with Gasteiger partial charge in [-0.25, -0.2) is 0 Å². The predicted molar refractivity (Wildman–Crippen MR) is 82.4 cm³/mol. The van der Waals surface area contributed by atoms with Gasteiger partial charge in [0.1, 0.15) is 12.3 Å². The second-order valence-electron chi connectivity index (χ2n) is 6.37. The highest BCUT2D eigenvalue weighted by molar-refractivity contribution is 5.97. The topological polar surface area (TPSA) is 62.6 Å². The van der Waals surface area contributed by atoms with Crippen LogP contribution in [-0.4, -0.2) is 35.3 Å². The van der Waals surface area contributed by atoms with E-state index in [1.807, 2.05) is 0 Å². The van der Waals surface area contributed by atoms with E-state index in [2.05, 4.69) is 5.32 Å². The van der Waals surface area contributed by atoms with E-state index in [1.165, 1.54) is 31.8 Å². The zero-order chi connectivity index (χ0) is 15.4. The number of hydrogen-bond acceptors (Lipinski definition) is 3. The summed E-state index contributed by atoms with van der Waals surface area (Å²) in [6.45, 7) is 0.646. The number of carbonyl (C=O) groups excluding carboxylic acids is 2. The van der Waals surface area contributed by atoms with Crippen LogP contribution in [0.4, 0.5) is 0 Å². The van der Waals surface area contributed by atoms with E-state index in [0.717, 1.165) is 32.1 Å². The number of amides is 2. The molecule has 3 rings (SSSR count). The van der Waals surface area contributed by atoms with Gasteiger partial charge in [-0.2, -0.15) is 0 Å². The van der Waals surface area contributed by atoms with Gasteiger partial charge in [0.25, 0.3) is 5.91 Å². The number of furan rings is 1. The van der Waals surface area contributed by atoms with Crippen molar-refractivity contribution in [3.8, 4) is 0 Å². The Labute approximate surface area is 131 Å². The van der Waals surface area contributed by atoms with Gasteiger partial charge in [-0.1, -0.05) is 19.3 Å². The summed E-state index contributed by atoms with van der Waals surface area (Å²) in [5.41, 5.74) is 0.525.